The fourth-order valence-corrected chi connectivity index (χ4v) is 2.95. The Labute approximate surface area is 169 Å². The summed E-state index contributed by atoms with van der Waals surface area (Å²) in [5, 5.41) is 3.34. The average molecular weight is 419 g/mol. The smallest absolute Gasteiger partial charge is 0.471 e. The number of hydrogen-bond donors (Lipinski definition) is 0. The average Bonchev–Trinajstić information content (AvgIpc) is 3.21. The van der Waals surface area contributed by atoms with Gasteiger partial charge in [0.15, 0.2) is 0 Å². The van der Waals surface area contributed by atoms with Crippen LogP contribution in [0.5, 0.6) is 11.5 Å². The monoisotopic (exact) mass is 419 g/mol. The zero-order valence-electron chi connectivity index (χ0n) is 15.7. The minimum absolute atomic E-state index is 0.110. The summed E-state index contributed by atoms with van der Waals surface area (Å²) >= 11 is 0. The highest BCUT2D eigenvalue weighted by Crippen LogP contribution is 2.30. The van der Waals surface area contributed by atoms with Gasteiger partial charge < -0.3 is 18.9 Å². The van der Waals surface area contributed by atoms with Gasteiger partial charge in [-0.3, -0.25) is 4.79 Å². The molecular weight excluding hydrogens is 403 g/mol. The van der Waals surface area contributed by atoms with E-state index in [1.165, 1.54) is 19.2 Å². The molecule has 156 valence electrons. The predicted octanol–water partition coefficient (Wildman–Crippen LogP) is 3.67. The summed E-state index contributed by atoms with van der Waals surface area (Å²) in [5.74, 6) is -0.530. The van der Waals surface area contributed by atoms with E-state index in [-0.39, 0.29) is 17.8 Å². The maximum Gasteiger partial charge on any atom is 0.471 e. The van der Waals surface area contributed by atoms with Gasteiger partial charge in [-0.05, 0) is 42.5 Å². The van der Waals surface area contributed by atoms with Gasteiger partial charge in [-0.2, -0.15) is 18.2 Å². The maximum atomic E-state index is 12.6. The van der Waals surface area contributed by atoms with Gasteiger partial charge in [-0.15, -0.1) is 0 Å². The molecule has 7 nitrogen and oxygen atoms in total. The molecule has 1 fully saturated rings. The molecule has 0 bridgehead atoms. The van der Waals surface area contributed by atoms with Crippen LogP contribution in [0.1, 0.15) is 16.2 Å². The summed E-state index contributed by atoms with van der Waals surface area (Å²) in [6.07, 6.45) is -4.86. The molecule has 0 atom stereocenters. The third-order valence-electron chi connectivity index (χ3n) is 4.54. The molecule has 1 amide bonds. The Bertz CT molecular complexity index is 1040. The lowest BCUT2D eigenvalue weighted by Gasteiger charge is -2.39. The molecule has 2 aromatic carbocycles. The van der Waals surface area contributed by atoms with Gasteiger partial charge in [0.25, 0.3) is 5.91 Å². The number of methoxy groups -OCH3 is 1. The fraction of sp³-hybridized carbons (Fsp3) is 0.250. The number of nitrogens with zero attached hydrogens (tertiary/aromatic N) is 3. The molecule has 3 aromatic rings. The van der Waals surface area contributed by atoms with E-state index < -0.39 is 12.1 Å². The predicted molar refractivity (Wildman–Crippen MR) is 98.0 cm³/mol. The second kappa shape index (κ2) is 7.69. The van der Waals surface area contributed by atoms with E-state index in [9.17, 15) is 18.0 Å². The third-order valence-corrected chi connectivity index (χ3v) is 4.54. The number of ether oxygens (including phenoxy) is 2. The Hall–Kier alpha value is -3.56. The standard InChI is InChI=1S/C20H16F3N3O4/c1-28-15-4-2-3-13(9-15)18(27)26-10-16(11-26)29-14-7-5-12(6-8-14)17-24-19(30-25-17)20(21,22)23/h2-9,16H,10-11H2,1H3. The van der Waals surface area contributed by atoms with E-state index >= 15 is 0 Å². The van der Waals surface area contributed by atoms with Crippen molar-refractivity contribution in [3.8, 4) is 22.9 Å². The lowest BCUT2D eigenvalue weighted by atomic mass is 10.1. The van der Waals surface area contributed by atoms with E-state index in [1.54, 1.807) is 41.3 Å². The van der Waals surface area contributed by atoms with Crippen LogP contribution in [0.4, 0.5) is 13.2 Å². The molecular formula is C20H16F3N3O4. The first-order valence-corrected chi connectivity index (χ1v) is 8.95. The number of halogens is 3. The van der Waals surface area contributed by atoms with Crippen LogP contribution in [0.3, 0.4) is 0 Å². The second-order valence-electron chi connectivity index (χ2n) is 6.63. The number of benzene rings is 2. The van der Waals surface area contributed by atoms with Crippen molar-refractivity contribution >= 4 is 5.91 Å². The number of hydrogen-bond acceptors (Lipinski definition) is 6. The number of alkyl halides is 3. The van der Waals surface area contributed by atoms with Crippen molar-refractivity contribution in [3.05, 3.63) is 60.0 Å². The van der Waals surface area contributed by atoms with E-state index in [2.05, 4.69) is 14.7 Å². The molecule has 0 N–H and O–H groups in total. The molecule has 0 unspecified atom stereocenters. The zero-order valence-corrected chi connectivity index (χ0v) is 15.7. The van der Waals surface area contributed by atoms with Crippen molar-refractivity contribution in [2.45, 2.75) is 12.3 Å². The summed E-state index contributed by atoms with van der Waals surface area (Å²) in [4.78, 5) is 17.5. The van der Waals surface area contributed by atoms with Gasteiger partial charge >= 0.3 is 12.1 Å². The first-order chi connectivity index (χ1) is 14.3. The number of carbonyl (C=O) groups excluding carboxylic acids is 1. The van der Waals surface area contributed by atoms with Crippen molar-refractivity contribution in [2.24, 2.45) is 0 Å². The second-order valence-corrected chi connectivity index (χ2v) is 6.63. The molecule has 4 rings (SSSR count). The van der Waals surface area contributed by atoms with Crippen LogP contribution in [0.15, 0.2) is 53.1 Å². The van der Waals surface area contributed by atoms with Gasteiger partial charge in [0.05, 0.1) is 20.2 Å². The highest BCUT2D eigenvalue weighted by molar-refractivity contribution is 5.95. The third kappa shape index (κ3) is 4.07. The van der Waals surface area contributed by atoms with E-state index in [0.29, 0.717) is 35.7 Å². The van der Waals surface area contributed by atoms with Crippen molar-refractivity contribution < 1.29 is 32.0 Å². The molecule has 0 spiro atoms. The Morgan fingerprint density at radius 3 is 2.50 bits per heavy atom. The Kier molecular flexibility index (Phi) is 5.06. The fourth-order valence-electron chi connectivity index (χ4n) is 2.95. The van der Waals surface area contributed by atoms with Crippen LogP contribution >= 0.6 is 0 Å². The summed E-state index contributed by atoms with van der Waals surface area (Å²) in [5.41, 5.74) is 0.903. The molecule has 30 heavy (non-hydrogen) atoms. The van der Waals surface area contributed by atoms with Crippen LogP contribution in [0, 0.1) is 0 Å². The zero-order chi connectivity index (χ0) is 21.3. The van der Waals surface area contributed by atoms with E-state index in [0.717, 1.165) is 0 Å². The quantitative estimate of drug-likeness (QED) is 0.628. The molecule has 10 heteroatoms. The number of carbonyl (C=O) groups is 1. The van der Waals surface area contributed by atoms with Gasteiger partial charge in [0, 0.05) is 11.1 Å². The van der Waals surface area contributed by atoms with Crippen LogP contribution in [-0.4, -0.2) is 47.3 Å². The van der Waals surface area contributed by atoms with Crippen molar-refractivity contribution in [2.75, 3.05) is 20.2 Å². The molecule has 2 heterocycles. The van der Waals surface area contributed by atoms with E-state index in [4.69, 9.17) is 9.47 Å². The molecule has 0 aliphatic carbocycles. The number of likely N-dealkylation sites (tertiary alicyclic amines) is 1. The number of rotatable bonds is 5. The Morgan fingerprint density at radius 2 is 1.87 bits per heavy atom. The van der Waals surface area contributed by atoms with Crippen LogP contribution < -0.4 is 9.47 Å². The highest BCUT2D eigenvalue weighted by atomic mass is 19.4. The van der Waals surface area contributed by atoms with Gasteiger partial charge in [-0.1, -0.05) is 11.2 Å². The Balaban J connectivity index is 1.33. The summed E-state index contributed by atoms with van der Waals surface area (Å²) in [6, 6.07) is 13.2. The van der Waals surface area contributed by atoms with Gasteiger partial charge in [0.1, 0.15) is 17.6 Å². The lowest BCUT2D eigenvalue weighted by Crippen LogP contribution is -2.56. The summed E-state index contributed by atoms with van der Waals surface area (Å²) in [7, 11) is 1.54. The largest absolute Gasteiger partial charge is 0.497 e. The summed E-state index contributed by atoms with van der Waals surface area (Å²) < 4.78 is 52.8. The molecule has 1 aliphatic heterocycles. The maximum absolute atomic E-state index is 12.6. The van der Waals surface area contributed by atoms with Crippen LogP contribution in [0.2, 0.25) is 0 Å². The van der Waals surface area contributed by atoms with Gasteiger partial charge in [0.2, 0.25) is 5.82 Å². The molecule has 0 radical (unpaired) electrons. The van der Waals surface area contributed by atoms with Crippen molar-refractivity contribution in [1.82, 2.24) is 15.0 Å². The van der Waals surface area contributed by atoms with E-state index in [1.807, 2.05) is 0 Å². The summed E-state index contributed by atoms with van der Waals surface area (Å²) in [6.45, 7) is 0.856. The topological polar surface area (TPSA) is 77.7 Å². The lowest BCUT2D eigenvalue weighted by molar-refractivity contribution is -0.159. The minimum atomic E-state index is -4.69. The highest BCUT2D eigenvalue weighted by Gasteiger charge is 2.38. The molecule has 0 saturated carbocycles. The molecule has 1 saturated heterocycles. The molecule has 1 aromatic heterocycles. The molecule has 1 aliphatic rings. The number of amides is 1. The first-order valence-electron chi connectivity index (χ1n) is 8.95. The van der Waals surface area contributed by atoms with Crippen molar-refractivity contribution in [1.29, 1.82) is 0 Å². The van der Waals surface area contributed by atoms with Crippen LogP contribution in [-0.2, 0) is 6.18 Å². The first kappa shape index (κ1) is 19.7. The van der Waals surface area contributed by atoms with Crippen molar-refractivity contribution in [3.63, 3.8) is 0 Å². The Morgan fingerprint density at radius 1 is 1.13 bits per heavy atom. The SMILES string of the molecule is COc1cccc(C(=O)N2CC(Oc3ccc(-c4noc(C(F)(F)F)n4)cc3)C2)c1. The number of aromatic nitrogens is 2. The van der Waals surface area contributed by atoms with Crippen LogP contribution in [0.25, 0.3) is 11.4 Å². The minimum Gasteiger partial charge on any atom is -0.497 e. The normalized spacial score (nSPS) is 14.3. The van der Waals surface area contributed by atoms with Gasteiger partial charge in [-0.25, -0.2) is 0 Å².